The zero-order valence-electron chi connectivity index (χ0n) is 7.97. The van der Waals surface area contributed by atoms with E-state index in [4.69, 9.17) is 0 Å². The van der Waals surface area contributed by atoms with Crippen molar-refractivity contribution in [2.75, 3.05) is 27.2 Å². The summed E-state index contributed by atoms with van der Waals surface area (Å²) < 4.78 is 0. The molecule has 70 valence electrons. The van der Waals surface area contributed by atoms with Gasteiger partial charge in [-0.1, -0.05) is 6.08 Å². The summed E-state index contributed by atoms with van der Waals surface area (Å²) in [6, 6.07) is 0. The zero-order valence-corrected chi connectivity index (χ0v) is 7.97. The molecule has 0 spiro atoms. The lowest BCUT2D eigenvalue weighted by Crippen LogP contribution is -2.27. The van der Waals surface area contributed by atoms with Crippen molar-refractivity contribution in [2.24, 2.45) is 0 Å². The number of amides is 1. The van der Waals surface area contributed by atoms with Crippen LogP contribution in [0.4, 0.5) is 0 Å². The summed E-state index contributed by atoms with van der Waals surface area (Å²) in [5.74, 6) is 0.116. The van der Waals surface area contributed by atoms with Gasteiger partial charge in [0.1, 0.15) is 0 Å². The summed E-state index contributed by atoms with van der Waals surface area (Å²) in [7, 11) is 3.91. The molecule has 0 atom stereocenters. The number of carbonyl (C=O) groups excluding carboxylic acids is 1. The standard InChI is InChI=1S/C9H18N2O/c1-4-5-7-10-9(12)6-8-11(2)3/h4H,1,5-8H2,2-3H3,(H,10,12). The fourth-order valence-corrected chi connectivity index (χ4v) is 0.727. The predicted octanol–water partition coefficient (Wildman–Crippen LogP) is 0.630. The molecule has 0 saturated heterocycles. The number of hydrogen-bond donors (Lipinski definition) is 1. The van der Waals surface area contributed by atoms with Gasteiger partial charge in [-0.3, -0.25) is 4.79 Å². The minimum Gasteiger partial charge on any atom is -0.356 e. The molecule has 0 aliphatic rings. The third kappa shape index (κ3) is 7.28. The van der Waals surface area contributed by atoms with Crippen LogP contribution in [0.2, 0.25) is 0 Å². The van der Waals surface area contributed by atoms with Crippen molar-refractivity contribution in [3.8, 4) is 0 Å². The number of nitrogens with zero attached hydrogens (tertiary/aromatic N) is 1. The van der Waals surface area contributed by atoms with Crippen molar-refractivity contribution in [3.63, 3.8) is 0 Å². The van der Waals surface area contributed by atoms with E-state index in [1.807, 2.05) is 19.0 Å². The molecule has 0 aromatic rings. The van der Waals surface area contributed by atoms with E-state index in [-0.39, 0.29) is 5.91 Å². The second kappa shape index (κ2) is 6.85. The lowest BCUT2D eigenvalue weighted by molar-refractivity contribution is -0.121. The molecule has 0 aromatic heterocycles. The van der Waals surface area contributed by atoms with Gasteiger partial charge in [0.05, 0.1) is 0 Å². The highest BCUT2D eigenvalue weighted by Gasteiger charge is 1.99. The fraction of sp³-hybridized carbons (Fsp3) is 0.667. The lowest BCUT2D eigenvalue weighted by atomic mass is 10.3. The SMILES string of the molecule is C=CCCNC(=O)CCN(C)C. The van der Waals surface area contributed by atoms with Crippen LogP contribution in [0.25, 0.3) is 0 Å². The first kappa shape index (κ1) is 11.2. The van der Waals surface area contributed by atoms with E-state index in [9.17, 15) is 4.79 Å². The lowest BCUT2D eigenvalue weighted by Gasteiger charge is -2.08. The average molecular weight is 170 g/mol. The molecular formula is C9H18N2O. The molecule has 0 fully saturated rings. The Hall–Kier alpha value is -0.830. The molecule has 0 saturated carbocycles. The number of hydrogen-bond acceptors (Lipinski definition) is 2. The highest BCUT2D eigenvalue weighted by atomic mass is 16.1. The topological polar surface area (TPSA) is 32.3 Å². The van der Waals surface area contributed by atoms with Gasteiger partial charge in [-0.25, -0.2) is 0 Å². The van der Waals surface area contributed by atoms with Crippen LogP contribution in [0, 0.1) is 0 Å². The smallest absolute Gasteiger partial charge is 0.221 e. The summed E-state index contributed by atoms with van der Waals surface area (Å²) in [4.78, 5) is 13.0. The normalized spacial score (nSPS) is 9.92. The van der Waals surface area contributed by atoms with Crippen LogP contribution in [0.3, 0.4) is 0 Å². The Balaban J connectivity index is 3.27. The molecule has 3 nitrogen and oxygen atoms in total. The highest BCUT2D eigenvalue weighted by Crippen LogP contribution is 1.84. The summed E-state index contributed by atoms with van der Waals surface area (Å²) in [6.07, 6.45) is 3.21. The average Bonchev–Trinajstić information content (AvgIpc) is 2.01. The first-order valence-electron chi connectivity index (χ1n) is 4.19. The van der Waals surface area contributed by atoms with E-state index >= 15 is 0 Å². The van der Waals surface area contributed by atoms with Gasteiger partial charge in [-0.15, -0.1) is 6.58 Å². The van der Waals surface area contributed by atoms with E-state index in [0.717, 1.165) is 13.0 Å². The summed E-state index contributed by atoms with van der Waals surface area (Å²) >= 11 is 0. The Labute approximate surface area is 74.4 Å². The van der Waals surface area contributed by atoms with Crippen molar-refractivity contribution in [1.29, 1.82) is 0 Å². The zero-order chi connectivity index (χ0) is 9.40. The molecular weight excluding hydrogens is 152 g/mol. The molecule has 1 N–H and O–H groups in total. The van der Waals surface area contributed by atoms with E-state index in [0.29, 0.717) is 13.0 Å². The molecule has 3 heteroatoms. The van der Waals surface area contributed by atoms with E-state index in [1.54, 1.807) is 6.08 Å². The van der Waals surface area contributed by atoms with Crippen LogP contribution in [0.1, 0.15) is 12.8 Å². The Kier molecular flexibility index (Phi) is 6.38. The van der Waals surface area contributed by atoms with Gasteiger partial charge in [-0.05, 0) is 20.5 Å². The maximum absolute atomic E-state index is 11.1. The quantitative estimate of drug-likeness (QED) is 0.468. The van der Waals surface area contributed by atoms with Crippen molar-refractivity contribution >= 4 is 5.91 Å². The first-order valence-corrected chi connectivity index (χ1v) is 4.19. The molecule has 0 radical (unpaired) electrons. The summed E-state index contributed by atoms with van der Waals surface area (Å²) in [5.41, 5.74) is 0. The molecule has 0 unspecified atom stereocenters. The number of rotatable bonds is 6. The van der Waals surface area contributed by atoms with Crippen LogP contribution in [-0.4, -0.2) is 38.0 Å². The van der Waals surface area contributed by atoms with Crippen LogP contribution in [0.5, 0.6) is 0 Å². The van der Waals surface area contributed by atoms with Crippen LogP contribution in [-0.2, 0) is 4.79 Å². The molecule has 0 bridgehead atoms. The minimum atomic E-state index is 0.116. The number of carbonyl (C=O) groups is 1. The Morgan fingerprint density at radius 3 is 2.75 bits per heavy atom. The molecule has 0 aliphatic carbocycles. The maximum Gasteiger partial charge on any atom is 0.221 e. The number of nitrogens with one attached hydrogen (secondary N) is 1. The Morgan fingerprint density at radius 2 is 2.25 bits per heavy atom. The van der Waals surface area contributed by atoms with Gasteiger partial charge in [0.15, 0.2) is 0 Å². The third-order valence-corrected chi connectivity index (χ3v) is 1.46. The van der Waals surface area contributed by atoms with Gasteiger partial charge in [-0.2, -0.15) is 0 Å². The second-order valence-electron chi connectivity index (χ2n) is 2.98. The summed E-state index contributed by atoms with van der Waals surface area (Å²) in [5, 5.41) is 2.80. The second-order valence-corrected chi connectivity index (χ2v) is 2.98. The van der Waals surface area contributed by atoms with E-state index < -0.39 is 0 Å². The summed E-state index contributed by atoms with van der Waals surface area (Å²) in [6.45, 7) is 5.08. The Bertz CT molecular complexity index is 143. The van der Waals surface area contributed by atoms with Crippen molar-refractivity contribution in [1.82, 2.24) is 10.2 Å². The fourth-order valence-electron chi connectivity index (χ4n) is 0.727. The van der Waals surface area contributed by atoms with Crippen LogP contribution < -0.4 is 5.32 Å². The van der Waals surface area contributed by atoms with Crippen LogP contribution in [0.15, 0.2) is 12.7 Å². The predicted molar refractivity (Wildman–Crippen MR) is 51.0 cm³/mol. The molecule has 0 aromatic carbocycles. The van der Waals surface area contributed by atoms with Gasteiger partial charge >= 0.3 is 0 Å². The van der Waals surface area contributed by atoms with E-state index in [1.165, 1.54) is 0 Å². The van der Waals surface area contributed by atoms with Crippen molar-refractivity contribution in [2.45, 2.75) is 12.8 Å². The van der Waals surface area contributed by atoms with Crippen LogP contribution >= 0.6 is 0 Å². The van der Waals surface area contributed by atoms with Gasteiger partial charge < -0.3 is 10.2 Å². The molecule has 0 rings (SSSR count). The molecule has 12 heavy (non-hydrogen) atoms. The van der Waals surface area contributed by atoms with Gasteiger partial charge in [0.25, 0.3) is 0 Å². The highest BCUT2D eigenvalue weighted by molar-refractivity contribution is 5.75. The first-order chi connectivity index (χ1) is 5.66. The third-order valence-electron chi connectivity index (χ3n) is 1.46. The largest absolute Gasteiger partial charge is 0.356 e. The van der Waals surface area contributed by atoms with Gasteiger partial charge in [0.2, 0.25) is 5.91 Å². The minimum absolute atomic E-state index is 0.116. The van der Waals surface area contributed by atoms with Gasteiger partial charge in [0, 0.05) is 19.5 Å². The maximum atomic E-state index is 11.1. The monoisotopic (exact) mass is 170 g/mol. The van der Waals surface area contributed by atoms with Crippen molar-refractivity contribution < 1.29 is 4.79 Å². The van der Waals surface area contributed by atoms with Crippen molar-refractivity contribution in [3.05, 3.63) is 12.7 Å². The molecule has 0 heterocycles. The molecule has 0 aliphatic heterocycles. The molecule has 1 amide bonds. The Morgan fingerprint density at radius 1 is 1.58 bits per heavy atom. The van der Waals surface area contributed by atoms with E-state index in [2.05, 4.69) is 11.9 Å².